The van der Waals surface area contributed by atoms with E-state index in [-0.39, 0.29) is 4.90 Å². The normalized spacial score (nSPS) is 12.8. The van der Waals surface area contributed by atoms with E-state index in [2.05, 4.69) is 28.9 Å². The first-order valence-corrected chi connectivity index (χ1v) is 11.7. The Kier molecular flexibility index (Phi) is 5.95. The first-order valence-electron chi connectivity index (χ1n) is 8.60. The van der Waals surface area contributed by atoms with Gasteiger partial charge >= 0.3 is 0 Å². The topological polar surface area (TPSA) is 54.7 Å². The summed E-state index contributed by atoms with van der Waals surface area (Å²) in [6.45, 7) is 4.11. The van der Waals surface area contributed by atoms with Crippen LogP contribution in [0.1, 0.15) is 11.1 Å². The Morgan fingerprint density at radius 3 is 2.46 bits per heavy atom. The van der Waals surface area contributed by atoms with Crippen LogP contribution in [0, 0.1) is 13.8 Å². The molecule has 0 bridgehead atoms. The van der Waals surface area contributed by atoms with Gasteiger partial charge in [-0.05, 0) is 43.7 Å². The zero-order chi connectivity index (χ0) is 20.6. The second-order valence-electron chi connectivity index (χ2n) is 6.79. The van der Waals surface area contributed by atoms with Gasteiger partial charge in [0.25, 0.3) is 0 Å². The van der Waals surface area contributed by atoms with Gasteiger partial charge in [0.15, 0.2) is 4.80 Å². The van der Waals surface area contributed by atoms with Crippen LogP contribution in [0.5, 0.6) is 0 Å². The summed E-state index contributed by atoms with van der Waals surface area (Å²) in [5.41, 5.74) is 4.96. The van der Waals surface area contributed by atoms with Crippen molar-refractivity contribution in [2.45, 2.75) is 18.7 Å². The van der Waals surface area contributed by atoms with Crippen LogP contribution in [0.15, 0.2) is 56.1 Å². The largest absolute Gasteiger partial charge is 0.320 e. The van der Waals surface area contributed by atoms with Crippen molar-refractivity contribution in [3.63, 3.8) is 0 Å². The lowest BCUT2D eigenvalue weighted by Crippen LogP contribution is -2.22. The Morgan fingerprint density at radius 2 is 1.82 bits per heavy atom. The number of nitrogens with zero attached hydrogens (tertiary/aromatic N) is 3. The van der Waals surface area contributed by atoms with E-state index >= 15 is 0 Å². The summed E-state index contributed by atoms with van der Waals surface area (Å²) in [4.78, 5) is 5.90. The third-order valence-electron chi connectivity index (χ3n) is 4.48. The van der Waals surface area contributed by atoms with E-state index in [1.165, 1.54) is 35.3 Å². The quantitative estimate of drug-likeness (QED) is 0.548. The van der Waals surface area contributed by atoms with Gasteiger partial charge in [-0.1, -0.05) is 33.6 Å². The predicted molar refractivity (Wildman–Crippen MR) is 118 cm³/mol. The van der Waals surface area contributed by atoms with Gasteiger partial charge in [-0.25, -0.2) is 17.7 Å². The number of sulfonamides is 1. The van der Waals surface area contributed by atoms with Crippen molar-refractivity contribution in [1.82, 2.24) is 8.87 Å². The highest BCUT2D eigenvalue weighted by Gasteiger charge is 2.20. The average Bonchev–Trinajstić information content (AvgIpc) is 2.98. The van der Waals surface area contributed by atoms with Crippen molar-refractivity contribution in [1.29, 1.82) is 0 Å². The van der Waals surface area contributed by atoms with Crippen LogP contribution < -0.4 is 4.80 Å². The van der Waals surface area contributed by atoms with Gasteiger partial charge in [0, 0.05) is 36.6 Å². The molecule has 0 fully saturated rings. The van der Waals surface area contributed by atoms with Crippen LogP contribution in [0.3, 0.4) is 0 Å². The van der Waals surface area contributed by atoms with E-state index in [0.29, 0.717) is 0 Å². The smallest absolute Gasteiger partial charge is 0.242 e. The Labute approximate surface area is 178 Å². The Balaban J connectivity index is 2.13. The number of aromatic nitrogens is 1. The fourth-order valence-corrected chi connectivity index (χ4v) is 5.11. The van der Waals surface area contributed by atoms with E-state index in [1.54, 1.807) is 18.2 Å². The number of hydrogen-bond acceptors (Lipinski definition) is 4. The van der Waals surface area contributed by atoms with E-state index in [4.69, 9.17) is 4.99 Å². The SMILES string of the molecule is Cc1ccc(/N=c2/scc(-c3cc(S(=O)(=O)N(C)C)ccc3Br)n2C)c(C)c1. The lowest BCUT2D eigenvalue weighted by atomic mass is 10.1. The highest BCUT2D eigenvalue weighted by atomic mass is 79.9. The molecule has 5 nitrogen and oxygen atoms in total. The molecule has 148 valence electrons. The summed E-state index contributed by atoms with van der Waals surface area (Å²) >= 11 is 5.08. The summed E-state index contributed by atoms with van der Waals surface area (Å²) in [6.07, 6.45) is 0. The molecule has 0 amide bonds. The Morgan fingerprint density at radius 1 is 1.11 bits per heavy atom. The first kappa shape index (κ1) is 21.0. The summed E-state index contributed by atoms with van der Waals surface area (Å²) in [7, 11) is 1.49. The van der Waals surface area contributed by atoms with Crippen LogP contribution in [-0.4, -0.2) is 31.4 Å². The van der Waals surface area contributed by atoms with Crippen LogP contribution >= 0.6 is 27.3 Å². The van der Waals surface area contributed by atoms with E-state index < -0.39 is 10.0 Å². The number of halogens is 1. The molecular formula is C20H22BrN3O2S2. The van der Waals surface area contributed by atoms with Gasteiger partial charge in [0.05, 0.1) is 16.3 Å². The van der Waals surface area contributed by atoms with Crippen molar-refractivity contribution in [3.8, 4) is 11.3 Å². The zero-order valence-electron chi connectivity index (χ0n) is 16.4. The Bertz CT molecular complexity index is 1210. The number of rotatable bonds is 4. The molecule has 0 unspecified atom stereocenters. The fraction of sp³-hybridized carbons (Fsp3) is 0.250. The fourth-order valence-electron chi connectivity index (χ4n) is 2.82. The third-order valence-corrected chi connectivity index (χ3v) is 7.90. The number of thiazole rings is 1. The summed E-state index contributed by atoms with van der Waals surface area (Å²) in [5, 5.41) is 1.99. The molecule has 3 aromatic rings. The maximum atomic E-state index is 12.5. The molecule has 8 heteroatoms. The van der Waals surface area contributed by atoms with Gasteiger partial charge in [-0.3, -0.25) is 0 Å². The second kappa shape index (κ2) is 7.94. The van der Waals surface area contributed by atoms with Gasteiger partial charge < -0.3 is 4.57 Å². The first-order chi connectivity index (χ1) is 13.1. The molecule has 0 atom stereocenters. The molecule has 0 N–H and O–H groups in total. The zero-order valence-corrected chi connectivity index (χ0v) is 19.6. The molecule has 0 aliphatic rings. The summed E-state index contributed by atoms with van der Waals surface area (Å²) in [5.74, 6) is 0. The molecule has 0 saturated carbocycles. The second-order valence-corrected chi connectivity index (χ2v) is 10.6. The number of aryl methyl sites for hydroxylation is 2. The van der Waals surface area contributed by atoms with Crippen LogP contribution in [0.4, 0.5) is 5.69 Å². The van der Waals surface area contributed by atoms with Crippen molar-refractivity contribution >= 4 is 43.0 Å². The van der Waals surface area contributed by atoms with Crippen molar-refractivity contribution in [3.05, 3.63) is 62.2 Å². The van der Waals surface area contributed by atoms with Crippen LogP contribution in [-0.2, 0) is 17.1 Å². The Hall–Kier alpha value is -1.74. The molecule has 0 spiro atoms. The minimum Gasteiger partial charge on any atom is -0.320 e. The van der Waals surface area contributed by atoms with Crippen molar-refractivity contribution in [2.75, 3.05) is 14.1 Å². The maximum Gasteiger partial charge on any atom is 0.242 e. The molecule has 0 saturated heterocycles. The van der Waals surface area contributed by atoms with Crippen LogP contribution in [0.2, 0.25) is 0 Å². The van der Waals surface area contributed by atoms with Gasteiger partial charge in [0.2, 0.25) is 10.0 Å². The minimum atomic E-state index is -3.51. The molecule has 0 aliphatic heterocycles. The molecule has 0 aliphatic carbocycles. The molecule has 28 heavy (non-hydrogen) atoms. The van der Waals surface area contributed by atoms with E-state index in [0.717, 1.165) is 31.8 Å². The third kappa shape index (κ3) is 4.00. The monoisotopic (exact) mass is 479 g/mol. The van der Waals surface area contributed by atoms with Crippen molar-refractivity contribution in [2.24, 2.45) is 12.0 Å². The minimum absolute atomic E-state index is 0.259. The maximum absolute atomic E-state index is 12.5. The van der Waals surface area contributed by atoms with Crippen molar-refractivity contribution < 1.29 is 8.42 Å². The summed E-state index contributed by atoms with van der Waals surface area (Å²) in [6, 6.07) is 11.2. The molecule has 0 radical (unpaired) electrons. The summed E-state index contributed by atoms with van der Waals surface area (Å²) < 4.78 is 29.1. The van der Waals surface area contributed by atoms with E-state index in [9.17, 15) is 8.42 Å². The molecular weight excluding hydrogens is 458 g/mol. The molecule has 3 rings (SSSR count). The number of hydrogen-bond donors (Lipinski definition) is 0. The van der Waals surface area contributed by atoms with E-state index in [1.807, 2.05) is 36.1 Å². The lowest BCUT2D eigenvalue weighted by Gasteiger charge is -2.13. The van der Waals surface area contributed by atoms with Gasteiger partial charge in [0.1, 0.15) is 0 Å². The van der Waals surface area contributed by atoms with Crippen LogP contribution in [0.25, 0.3) is 11.3 Å². The highest BCUT2D eigenvalue weighted by Crippen LogP contribution is 2.31. The molecule has 1 aromatic heterocycles. The predicted octanol–water partition coefficient (Wildman–Crippen LogP) is 4.62. The van der Waals surface area contributed by atoms with Gasteiger partial charge in [-0.15, -0.1) is 11.3 Å². The standard InChI is InChI=1S/C20H22BrN3O2S2/c1-13-6-9-18(14(2)10-13)22-20-24(5)19(12-27-20)16-11-15(7-8-17(16)21)28(25,26)23(3)4/h6-12H,1-5H3/b22-20+. The lowest BCUT2D eigenvalue weighted by molar-refractivity contribution is 0.521. The molecule has 2 aromatic carbocycles. The van der Waals surface area contributed by atoms with Gasteiger partial charge in [-0.2, -0.15) is 0 Å². The molecule has 1 heterocycles. The average molecular weight is 480 g/mol. The highest BCUT2D eigenvalue weighted by molar-refractivity contribution is 9.10. The number of benzene rings is 2.